The van der Waals surface area contributed by atoms with Crippen molar-refractivity contribution in [1.82, 2.24) is 0 Å². The van der Waals surface area contributed by atoms with Crippen molar-refractivity contribution in [2.75, 3.05) is 0 Å². The number of hydrogen-bond acceptors (Lipinski definition) is 1. The monoisotopic (exact) mass is 207 g/mol. The van der Waals surface area contributed by atoms with Gasteiger partial charge in [-0.2, -0.15) is 0 Å². The van der Waals surface area contributed by atoms with Gasteiger partial charge in [0.1, 0.15) is 5.82 Å². The van der Waals surface area contributed by atoms with Gasteiger partial charge in [0.05, 0.1) is 0 Å². The Labute approximate surface area is 90.5 Å². The first-order chi connectivity index (χ1) is 7.18. The van der Waals surface area contributed by atoms with Crippen LogP contribution in [0.25, 0.3) is 0 Å². The molecule has 2 N–H and O–H groups in total. The standard InChI is InChI=1S/C13H18FN/c1-9-6-7-11(14)8-12(9)13(15)10-4-2-3-5-10/h6-8,10,13H,2-5,15H2,1H3/t13-/m1/s1. The van der Waals surface area contributed by atoms with Gasteiger partial charge in [-0.25, -0.2) is 4.39 Å². The van der Waals surface area contributed by atoms with Crippen molar-refractivity contribution in [3.8, 4) is 0 Å². The summed E-state index contributed by atoms with van der Waals surface area (Å²) < 4.78 is 13.1. The van der Waals surface area contributed by atoms with Gasteiger partial charge in [-0.05, 0) is 48.9 Å². The van der Waals surface area contributed by atoms with Crippen LogP contribution in [-0.4, -0.2) is 0 Å². The Morgan fingerprint density at radius 2 is 2.00 bits per heavy atom. The van der Waals surface area contributed by atoms with Gasteiger partial charge in [0, 0.05) is 6.04 Å². The predicted molar refractivity (Wildman–Crippen MR) is 60.0 cm³/mol. The third-order valence-electron chi connectivity index (χ3n) is 3.51. The Bertz CT molecular complexity index is 342. The molecule has 0 spiro atoms. The average molecular weight is 207 g/mol. The number of aryl methyl sites for hydroxylation is 1. The Kier molecular flexibility index (Phi) is 3.06. The molecule has 1 aromatic carbocycles. The van der Waals surface area contributed by atoms with Crippen LogP contribution < -0.4 is 5.73 Å². The van der Waals surface area contributed by atoms with E-state index in [1.807, 2.05) is 13.0 Å². The van der Waals surface area contributed by atoms with E-state index < -0.39 is 0 Å². The second-order valence-electron chi connectivity index (χ2n) is 4.57. The fourth-order valence-electron chi connectivity index (χ4n) is 2.54. The van der Waals surface area contributed by atoms with E-state index in [0.717, 1.165) is 11.1 Å². The highest BCUT2D eigenvalue weighted by Gasteiger charge is 2.24. The molecule has 0 aliphatic heterocycles. The third-order valence-corrected chi connectivity index (χ3v) is 3.51. The van der Waals surface area contributed by atoms with Crippen LogP contribution in [0.2, 0.25) is 0 Å². The molecule has 1 aliphatic carbocycles. The van der Waals surface area contributed by atoms with Crippen molar-refractivity contribution in [2.24, 2.45) is 11.7 Å². The quantitative estimate of drug-likeness (QED) is 0.791. The van der Waals surface area contributed by atoms with Crippen LogP contribution in [0.4, 0.5) is 4.39 Å². The lowest BCUT2D eigenvalue weighted by Gasteiger charge is -2.21. The lowest BCUT2D eigenvalue weighted by molar-refractivity contribution is 0.441. The van der Waals surface area contributed by atoms with Gasteiger partial charge in [0.2, 0.25) is 0 Å². The molecule has 1 aliphatic rings. The summed E-state index contributed by atoms with van der Waals surface area (Å²) in [4.78, 5) is 0. The van der Waals surface area contributed by atoms with Crippen LogP contribution in [0.15, 0.2) is 18.2 Å². The molecule has 1 nitrogen and oxygen atoms in total. The smallest absolute Gasteiger partial charge is 0.123 e. The van der Waals surface area contributed by atoms with E-state index >= 15 is 0 Å². The topological polar surface area (TPSA) is 26.0 Å². The maximum atomic E-state index is 13.1. The maximum absolute atomic E-state index is 13.1. The van der Waals surface area contributed by atoms with Gasteiger partial charge >= 0.3 is 0 Å². The third kappa shape index (κ3) is 2.20. The minimum atomic E-state index is -0.177. The Balaban J connectivity index is 2.23. The summed E-state index contributed by atoms with van der Waals surface area (Å²) in [5.41, 5.74) is 8.30. The summed E-state index contributed by atoms with van der Waals surface area (Å²) in [5.74, 6) is 0.370. The number of benzene rings is 1. The molecule has 0 aromatic heterocycles. The highest BCUT2D eigenvalue weighted by Crippen LogP contribution is 2.35. The lowest BCUT2D eigenvalue weighted by Crippen LogP contribution is -2.20. The maximum Gasteiger partial charge on any atom is 0.123 e. The zero-order valence-electron chi connectivity index (χ0n) is 9.17. The highest BCUT2D eigenvalue weighted by molar-refractivity contribution is 5.29. The van der Waals surface area contributed by atoms with E-state index in [1.54, 1.807) is 6.07 Å². The molecule has 15 heavy (non-hydrogen) atoms. The molecule has 82 valence electrons. The number of nitrogens with two attached hydrogens (primary N) is 1. The van der Waals surface area contributed by atoms with Crippen molar-refractivity contribution in [2.45, 2.75) is 38.6 Å². The van der Waals surface area contributed by atoms with E-state index in [2.05, 4.69) is 0 Å². The molecular formula is C13H18FN. The summed E-state index contributed by atoms with van der Waals surface area (Å²) in [6.07, 6.45) is 4.92. The van der Waals surface area contributed by atoms with Gasteiger partial charge in [-0.15, -0.1) is 0 Å². The summed E-state index contributed by atoms with van der Waals surface area (Å²) in [7, 11) is 0. The van der Waals surface area contributed by atoms with Crippen molar-refractivity contribution in [1.29, 1.82) is 0 Å². The van der Waals surface area contributed by atoms with E-state index in [4.69, 9.17) is 5.73 Å². The summed E-state index contributed by atoms with van der Waals surface area (Å²) >= 11 is 0. The second-order valence-corrected chi connectivity index (χ2v) is 4.57. The number of rotatable bonds is 2. The van der Waals surface area contributed by atoms with Gasteiger partial charge in [0.15, 0.2) is 0 Å². The first kappa shape index (κ1) is 10.6. The molecule has 2 rings (SSSR count). The van der Waals surface area contributed by atoms with Crippen LogP contribution in [0.5, 0.6) is 0 Å². The highest BCUT2D eigenvalue weighted by atomic mass is 19.1. The van der Waals surface area contributed by atoms with Crippen LogP contribution in [-0.2, 0) is 0 Å². The molecule has 0 bridgehead atoms. The van der Waals surface area contributed by atoms with Crippen molar-refractivity contribution < 1.29 is 4.39 Å². The van der Waals surface area contributed by atoms with Crippen LogP contribution >= 0.6 is 0 Å². The van der Waals surface area contributed by atoms with Gasteiger partial charge in [-0.1, -0.05) is 18.9 Å². The first-order valence-corrected chi connectivity index (χ1v) is 5.70. The molecule has 1 saturated carbocycles. The zero-order chi connectivity index (χ0) is 10.8. The summed E-state index contributed by atoms with van der Waals surface area (Å²) in [5, 5.41) is 0. The largest absolute Gasteiger partial charge is 0.324 e. The molecule has 0 saturated heterocycles. The lowest BCUT2D eigenvalue weighted by atomic mass is 9.90. The predicted octanol–water partition coefficient (Wildman–Crippen LogP) is 3.32. The van der Waals surface area contributed by atoms with Gasteiger partial charge in [-0.3, -0.25) is 0 Å². The Morgan fingerprint density at radius 3 is 2.67 bits per heavy atom. The fourth-order valence-corrected chi connectivity index (χ4v) is 2.54. The summed E-state index contributed by atoms with van der Waals surface area (Å²) in [6, 6.07) is 4.93. The fraction of sp³-hybridized carbons (Fsp3) is 0.538. The van der Waals surface area contributed by atoms with Gasteiger partial charge < -0.3 is 5.73 Å². The molecule has 0 heterocycles. The minimum Gasteiger partial charge on any atom is -0.324 e. The minimum absolute atomic E-state index is 0.0169. The summed E-state index contributed by atoms with van der Waals surface area (Å²) in [6.45, 7) is 2.00. The van der Waals surface area contributed by atoms with Crippen LogP contribution in [0.3, 0.4) is 0 Å². The molecule has 0 amide bonds. The van der Waals surface area contributed by atoms with Crippen LogP contribution in [0.1, 0.15) is 42.9 Å². The second kappa shape index (κ2) is 4.31. The Hall–Kier alpha value is -0.890. The number of halogens is 1. The van der Waals surface area contributed by atoms with Crippen molar-refractivity contribution in [3.05, 3.63) is 35.1 Å². The molecular weight excluding hydrogens is 189 g/mol. The molecule has 0 radical (unpaired) electrons. The molecule has 1 fully saturated rings. The normalized spacial score (nSPS) is 19.4. The van der Waals surface area contributed by atoms with E-state index in [0.29, 0.717) is 5.92 Å². The zero-order valence-corrected chi connectivity index (χ0v) is 9.17. The van der Waals surface area contributed by atoms with Crippen LogP contribution in [0, 0.1) is 18.7 Å². The van der Waals surface area contributed by atoms with E-state index in [1.165, 1.54) is 31.7 Å². The SMILES string of the molecule is Cc1ccc(F)cc1[C@H](N)C1CCCC1. The molecule has 1 atom stereocenters. The van der Waals surface area contributed by atoms with Crippen molar-refractivity contribution >= 4 is 0 Å². The number of hydrogen-bond donors (Lipinski definition) is 1. The van der Waals surface area contributed by atoms with E-state index in [9.17, 15) is 4.39 Å². The first-order valence-electron chi connectivity index (χ1n) is 5.70. The molecule has 2 heteroatoms. The van der Waals surface area contributed by atoms with Gasteiger partial charge in [0.25, 0.3) is 0 Å². The van der Waals surface area contributed by atoms with E-state index in [-0.39, 0.29) is 11.9 Å². The van der Waals surface area contributed by atoms with Crippen molar-refractivity contribution in [3.63, 3.8) is 0 Å². The average Bonchev–Trinajstić information content (AvgIpc) is 2.74. The Morgan fingerprint density at radius 1 is 1.33 bits per heavy atom. The molecule has 1 aromatic rings. The molecule has 0 unspecified atom stereocenters.